The summed E-state index contributed by atoms with van der Waals surface area (Å²) in [5, 5.41) is 11.5. The second-order valence-electron chi connectivity index (χ2n) is 7.80. The number of carbonyl (C=O) groups is 1. The Labute approximate surface area is 166 Å². The van der Waals surface area contributed by atoms with Gasteiger partial charge in [0, 0.05) is 31.4 Å². The van der Waals surface area contributed by atoms with Gasteiger partial charge in [-0.1, -0.05) is 5.11 Å². The lowest BCUT2D eigenvalue weighted by Crippen LogP contribution is -2.33. The van der Waals surface area contributed by atoms with Crippen molar-refractivity contribution in [2.75, 3.05) is 25.5 Å². The van der Waals surface area contributed by atoms with Gasteiger partial charge in [0.25, 0.3) is 0 Å². The Hall–Kier alpha value is -2.90. The maximum atomic E-state index is 11.7. The molecule has 2 aromatic rings. The van der Waals surface area contributed by atoms with Gasteiger partial charge in [-0.2, -0.15) is 0 Å². The second-order valence-corrected chi connectivity index (χ2v) is 7.80. The molecule has 0 radical (unpaired) electrons. The van der Waals surface area contributed by atoms with Crippen LogP contribution in [0, 0.1) is 0 Å². The second kappa shape index (κ2) is 9.34. The third kappa shape index (κ3) is 6.68. The number of ether oxygens (including phenoxy) is 1. The normalized spacial score (nSPS) is 11.6. The molecule has 8 heteroatoms. The maximum absolute atomic E-state index is 11.7. The lowest BCUT2D eigenvalue weighted by molar-refractivity contribution is -0.657. The van der Waals surface area contributed by atoms with Gasteiger partial charge >= 0.3 is 12.0 Å². The molecule has 1 heterocycles. The highest BCUT2D eigenvalue weighted by Gasteiger charge is 2.17. The van der Waals surface area contributed by atoms with Crippen molar-refractivity contribution >= 4 is 23.4 Å². The predicted octanol–water partition coefficient (Wildman–Crippen LogP) is 3.71. The lowest BCUT2D eigenvalue weighted by Gasteiger charge is -2.19. The molecule has 0 aliphatic heterocycles. The molecule has 0 atom stereocenters. The Balaban J connectivity index is 1.91. The van der Waals surface area contributed by atoms with Gasteiger partial charge in [-0.05, 0) is 51.5 Å². The lowest BCUT2D eigenvalue weighted by atomic mass is 10.2. The molecule has 1 aromatic carbocycles. The first-order valence-corrected chi connectivity index (χ1v) is 9.36. The van der Waals surface area contributed by atoms with E-state index in [9.17, 15) is 4.79 Å². The van der Waals surface area contributed by atoms with E-state index in [0.29, 0.717) is 13.1 Å². The quantitative estimate of drug-likeness (QED) is 0.447. The number of carbonyl (C=O) groups excluding carboxylic acids is 1. The number of aromatic nitrogens is 2. The number of rotatable bonds is 7. The molecular weight excluding hydrogens is 356 g/mol. The zero-order valence-electron chi connectivity index (χ0n) is 17.6. The highest BCUT2D eigenvalue weighted by molar-refractivity contribution is 5.67. The summed E-state index contributed by atoms with van der Waals surface area (Å²) in [7, 11) is 5.93. The number of alkyl carbamates (subject to hydrolysis) is 1. The summed E-state index contributed by atoms with van der Waals surface area (Å²) in [6, 6.07) is 7.90. The third-order valence-corrected chi connectivity index (χ3v) is 3.91. The first-order chi connectivity index (χ1) is 13.2. The first-order valence-electron chi connectivity index (χ1n) is 9.36. The molecule has 0 fully saturated rings. The molecule has 1 amide bonds. The molecule has 0 saturated carbocycles. The third-order valence-electron chi connectivity index (χ3n) is 3.91. The van der Waals surface area contributed by atoms with Crippen LogP contribution < -0.4 is 14.8 Å². The van der Waals surface area contributed by atoms with E-state index in [4.69, 9.17) is 4.74 Å². The monoisotopic (exact) mass is 387 g/mol. The average Bonchev–Trinajstić information content (AvgIpc) is 2.95. The van der Waals surface area contributed by atoms with Crippen LogP contribution in [0.2, 0.25) is 0 Å². The van der Waals surface area contributed by atoms with Gasteiger partial charge in [0.05, 0.1) is 26.0 Å². The fourth-order valence-corrected chi connectivity index (χ4v) is 2.49. The van der Waals surface area contributed by atoms with E-state index in [1.807, 2.05) is 92.6 Å². The van der Waals surface area contributed by atoms with Gasteiger partial charge in [-0.25, -0.2) is 13.9 Å². The number of anilines is 1. The molecule has 2 rings (SSSR count). The molecule has 1 N–H and O–H groups in total. The molecular formula is C20H31N6O2+. The fraction of sp³-hybridized carbons (Fsp3) is 0.500. The van der Waals surface area contributed by atoms with Gasteiger partial charge in [-0.15, -0.1) is 0 Å². The molecule has 8 nitrogen and oxygen atoms in total. The molecule has 0 bridgehead atoms. The number of hydrogen-bond donors (Lipinski definition) is 1. The summed E-state index contributed by atoms with van der Waals surface area (Å²) >= 11 is 0. The smallest absolute Gasteiger partial charge is 0.421 e. The number of imidazole rings is 1. The Bertz CT molecular complexity index is 803. The molecule has 1 aromatic heterocycles. The highest BCUT2D eigenvalue weighted by atomic mass is 16.6. The van der Waals surface area contributed by atoms with Crippen LogP contribution in [0.25, 0.3) is 0 Å². The number of benzene rings is 1. The SMILES string of the molecule is CN(C)c1ccc(N=Nc2n(CCCNC(=O)OC(C)(C)C)cc[n+]2C)cc1. The number of amides is 1. The molecule has 0 spiro atoms. The number of aryl methyl sites for hydroxylation is 2. The molecule has 0 saturated heterocycles. The summed E-state index contributed by atoms with van der Waals surface area (Å²) in [5.74, 6) is 0.744. The summed E-state index contributed by atoms with van der Waals surface area (Å²) < 4.78 is 9.16. The standard InChI is InChI=1S/C20H30N6O2/c1-20(2,3)28-19(27)21-12-7-13-26-15-14-25(6)18(26)23-22-16-8-10-17(11-9-16)24(4)5/h8-11,14-15H,7,12-13H2,1-6H3/p+1. The molecule has 0 aliphatic rings. The fourth-order valence-electron chi connectivity index (χ4n) is 2.49. The Morgan fingerprint density at radius 3 is 2.50 bits per heavy atom. The van der Waals surface area contributed by atoms with E-state index < -0.39 is 11.7 Å². The number of nitrogens with zero attached hydrogens (tertiary/aromatic N) is 5. The van der Waals surface area contributed by atoms with Gasteiger partial charge in [0.1, 0.15) is 11.3 Å². The molecule has 0 unspecified atom stereocenters. The highest BCUT2D eigenvalue weighted by Crippen LogP contribution is 2.20. The average molecular weight is 388 g/mol. The van der Waals surface area contributed by atoms with Crippen molar-refractivity contribution in [3.05, 3.63) is 36.7 Å². The van der Waals surface area contributed by atoms with Crippen LogP contribution in [0.15, 0.2) is 46.9 Å². The Kier molecular flexibility index (Phi) is 7.14. The molecule has 28 heavy (non-hydrogen) atoms. The van der Waals surface area contributed by atoms with Gasteiger partial charge in [0.2, 0.25) is 0 Å². The van der Waals surface area contributed by atoms with Crippen LogP contribution in [0.5, 0.6) is 0 Å². The van der Waals surface area contributed by atoms with Gasteiger partial charge in [-0.3, -0.25) is 0 Å². The van der Waals surface area contributed by atoms with Crippen LogP contribution in [-0.2, 0) is 18.3 Å². The van der Waals surface area contributed by atoms with Crippen molar-refractivity contribution in [3.8, 4) is 0 Å². The van der Waals surface area contributed by atoms with Crippen LogP contribution in [0.3, 0.4) is 0 Å². The van der Waals surface area contributed by atoms with Crippen molar-refractivity contribution in [1.29, 1.82) is 0 Å². The summed E-state index contributed by atoms with van der Waals surface area (Å²) in [6.07, 6.45) is 4.25. The van der Waals surface area contributed by atoms with E-state index in [1.54, 1.807) is 0 Å². The van der Waals surface area contributed by atoms with E-state index in [1.165, 1.54) is 0 Å². The number of hydrogen-bond acceptors (Lipinski definition) is 5. The zero-order chi connectivity index (χ0) is 20.7. The van der Waals surface area contributed by atoms with Crippen molar-refractivity contribution in [2.45, 2.75) is 39.3 Å². The van der Waals surface area contributed by atoms with Crippen LogP contribution >= 0.6 is 0 Å². The van der Waals surface area contributed by atoms with E-state index in [0.717, 1.165) is 23.7 Å². The minimum Gasteiger partial charge on any atom is -0.444 e. The van der Waals surface area contributed by atoms with E-state index in [2.05, 4.69) is 15.5 Å². The van der Waals surface area contributed by atoms with Gasteiger partial charge < -0.3 is 15.0 Å². The molecule has 0 aliphatic carbocycles. The van der Waals surface area contributed by atoms with Crippen molar-refractivity contribution in [1.82, 2.24) is 9.88 Å². The largest absolute Gasteiger partial charge is 0.444 e. The van der Waals surface area contributed by atoms with Crippen molar-refractivity contribution in [2.24, 2.45) is 17.3 Å². The predicted molar refractivity (Wildman–Crippen MR) is 109 cm³/mol. The Morgan fingerprint density at radius 1 is 1.21 bits per heavy atom. The molecule has 152 valence electrons. The maximum Gasteiger partial charge on any atom is 0.421 e. The summed E-state index contributed by atoms with van der Waals surface area (Å²) in [6.45, 7) is 6.77. The van der Waals surface area contributed by atoms with E-state index >= 15 is 0 Å². The zero-order valence-corrected chi connectivity index (χ0v) is 17.6. The van der Waals surface area contributed by atoms with Crippen molar-refractivity contribution < 1.29 is 14.1 Å². The first kappa shape index (κ1) is 21.4. The van der Waals surface area contributed by atoms with Gasteiger partial charge in [0.15, 0.2) is 0 Å². The van der Waals surface area contributed by atoms with Crippen LogP contribution in [0.1, 0.15) is 27.2 Å². The van der Waals surface area contributed by atoms with Crippen LogP contribution in [-0.4, -0.2) is 36.9 Å². The summed E-state index contributed by atoms with van der Waals surface area (Å²) in [5.41, 5.74) is 1.42. The number of nitrogens with one attached hydrogen (secondary N) is 1. The number of azo groups is 1. The van der Waals surface area contributed by atoms with Crippen LogP contribution in [0.4, 0.5) is 22.1 Å². The van der Waals surface area contributed by atoms with E-state index in [-0.39, 0.29) is 0 Å². The minimum atomic E-state index is -0.490. The Morgan fingerprint density at radius 2 is 1.89 bits per heavy atom. The summed E-state index contributed by atoms with van der Waals surface area (Å²) in [4.78, 5) is 13.7. The van der Waals surface area contributed by atoms with Crippen molar-refractivity contribution in [3.63, 3.8) is 0 Å². The minimum absolute atomic E-state index is 0.397. The topological polar surface area (TPSA) is 75.1 Å².